The summed E-state index contributed by atoms with van der Waals surface area (Å²) in [5.41, 5.74) is 2.29. The van der Waals surface area contributed by atoms with E-state index < -0.39 is 0 Å². The number of benzene rings is 1. The molecule has 0 radical (unpaired) electrons. The predicted octanol–water partition coefficient (Wildman–Crippen LogP) is 2.32. The van der Waals surface area contributed by atoms with E-state index in [4.69, 9.17) is 4.98 Å². The van der Waals surface area contributed by atoms with Crippen LogP contribution >= 0.6 is 0 Å². The van der Waals surface area contributed by atoms with Crippen LogP contribution in [0.25, 0.3) is 11.0 Å². The summed E-state index contributed by atoms with van der Waals surface area (Å²) in [7, 11) is 4.31. The predicted molar refractivity (Wildman–Crippen MR) is 82.8 cm³/mol. The summed E-state index contributed by atoms with van der Waals surface area (Å²) < 4.78 is 2.21. The van der Waals surface area contributed by atoms with Gasteiger partial charge in [0.1, 0.15) is 5.82 Å². The molecule has 1 aromatic heterocycles. The van der Waals surface area contributed by atoms with Crippen LogP contribution < -0.4 is 5.32 Å². The Morgan fingerprint density at radius 2 is 1.90 bits per heavy atom. The maximum atomic E-state index is 4.78. The van der Waals surface area contributed by atoms with Gasteiger partial charge < -0.3 is 14.8 Å². The van der Waals surface area contributed by atoms with Crippen LogP contribution in [-0.4, -0.2) is 40.6 Å². The standard InChI is InChI=1S/C16H24N4/c1-12(17-13-8-10-19(2)11-9-13)16-18-14-6-4-5-7-15(14)20(16)3/h4-7,12-13,17H,8-11H2,1-3H3. The molecule has 3 rings (SSSR count). The highest BCUT2D eigenvalue weighted by Crippen LogP contribution is 2.21. The molecule has 4 heteroatoms. The van der Waals surface area contributed by atoms with Crippen LogP contribution in [0.5, 0.6) is 0 Å². The summed E-state index contributed by atoms with van der Waals surface area (Å²) in [6.07, 6.45) is 2.45. The normalized spacial score (nSPS) is 19.6. The highest BCUT2D eigenvalue weighted by molar-refractivity contribution is 5.75. The molecule has 0 amide bonds. The Bertz CT molecular complexity index is 581. The third-order valence-electron chi connectivity index (χ3n) is 4.41. The molecule has 4 nitrogen and oxygen atoms in total. The number of aromatic nitrogens is 2. The summed E-state index contributed by atoms with van der Waals surface area (Å²) in [6.45, 7) is 4.60. The first-order valence-corrected chi connectivity index (χ1v) is 7.51. The van der Waals surface area contributed by atoms with Gasteiger partial charge in [-0.15, -0.1) is 0 Å². The number of hydrogen-bond donors (Lipinski definition) is 1. The van der Waals surface area contributed by atoms with Gasteiger partial charge in [0.05, 0.1) is 17.1 Å². The molecular weight excluding hydrogens is 248 g/mol. The van der Waals surface area contributed by atoms with Crippen molar-refractivity contribution in [2.75, 3.05) is 20.1 Å². The number of imidazole rings is 1. The summed E-state index contributed by atoms with van der Waals surface area (Å²) in [4.78, 5) is 7.18. The largest absolute Gasteiger partial charge is 0.330 e. The Morgan fingerprint density at radius 3 is 2.60 bits per heavy atom. The third kappa shape index (κ3) is 2.58. The highest BCUT2D eigenvalue weighted by atomic mass is 15.1. The quantitative estimate of drug-likeness (QED) is 0.931. The average molecular weight is 272 g/mol. The summed E-state index contributed by atoms with van der Waals surface area (Å²) >= 11 is 0. The number of nitrogens with one attached hydrogen (secondary N) is 1. The van der Waals surface area contributed by atoms with Crippen LogP contribution in [0, 0.1) is 0 Å². The number of aryl methyl sites for hydroxylation is 1. The second kappa shape index (κ2) is 5.54. The summed E-state index contributed by atoms with van der Waals surface area (Å²) in [6, 6.07) is 9.24. The summed E-state index contributed by atoms with van der Waals surface area (Å²) in [5, 5.41) is 3.75. The maximum absolute atomic E-state index is 4.78. The van der Waals surface area contributed by atoms with Gasteiger partial charge >= 0.3 is 0 Å². The molecule has 2 aromatic rings. The number of fused-ring (bicyclic) bond motifs is 1. The number of para-hydroxylation sites is 2. The second-order valence-electron chi connectivity index (χ2n) is 5.98. The molecule has 1 N–H and O–H groups in total. The van der Waals surface area contributed by atoms with Gasteiger partial charge in [0.25, 0.3) is 0 Å². The number of piperidine rings is 1. The van der Waals surface area contributed by atoms with Crippen molar-refractivity contribution in [2.24, 2.45) is 7.05 Å². The SMILES string of the molecule is CC(NC1CCN(C)CC1)c1nc2ccccc2n1C. The van der Waals surface area contributed by atoms with Crippen LogP contribution in [0.1, 0.15) is 31.6 Å². The molecule has 1 fully saturated rings. The maximum Gasteiger partial charge on any atom is 0.126 e. The Kier molecular flexibility index (Phi) is 3.76. The topological polar surface area (TPSA) is 33.1 Å². The van der Waals surface area contributed by atoms with E-state index in [2.05, 4.69) is 54.0 Å². The molecule has 108 valence electrons. The number of likely N-dealkylation sites (tertiary alicyclic amines) is 1. The van der Waals surface area contributed by atoms with Crippen molar-refractivity contribution in [2.45, 2.75) is 31.8 Å². The van der Waals surface area contributed by atoms with Crippen molar-refractivity contribution in [1.82, 2.24) is 19.8 Å². The van der Waals surface area contributed by atoms with E-state index in [9.17, 15) is 0 Å². The molecule has 0 aliphatic carbocycles. The Morgan fingerprint density at radius 1 is 1.20 bits per heavy atom. The summed E-state index contributed by atoms with van der Waals surface area (Å²) in [5.74, 6) is 1.13. The van der Waals surface area contributed by atoms with E-state index in [1.807, 2.05) is 6.07 Å². The lowest BCUT2D eigenvalue weighted by Gasteiger charge is -2.31. The van der Waals surface area contributed by atoms with E-state index in [-0.39, 0.29) is 0 Å². The molecular formula is C16H24N4. The fourth-order valence-corrected chi connectivity index (χ4v) is 3.15. The van der Waals surface area contributed by atoms with Crippen molar-refractivity contribution in [1.29, 1.82) is 0 Å². The Labute approximate surface area is 120 Å². The zero-order chi connectivity index (χ0) is 14.1. The van der Waals surface area contributed by atoms with Crippen LogP contribution in [0.15, 0.2) is 24.3 Å². The lowest BCUT2D eigenvalue weighted by Crippen LogP contribution is -2.42. The lowest BCUT2D eigenvalue weighted by molar-refractivity contribution is 0.225. The molecule has 20 heavy (non-hydrogen) atoms. The van der Waals surface area contributed by atoms with Gasteiger partial charge in [-0.3, -0.25) is 0 Å². The van der Waals surface area contributed by atoms with Crippen molar-refractivity contribution in [3.63, 3.8) is 0 Å². The van der Waals surface area contributed by atoms with Gasteiger partial charge in [-0.25, -0.2) is 4.98 Å². The molecule has 0 bridgehead atoms. The van der Waals surface area contributed by atoms with Crippen LogP contribution in [0.3, 0.4) is 0 Å². The van der Waals surface area contributed by atoms with Crippen molar-refractivity contribution >= 4 is 11.0 Å². The molecule has 0 saturated carbocycles. The van der Waals surface area contributed by atoms with Gasteiger partial charge in [0.15, 0.2) is 0 Å². The first-order valence-electron chi connectivity index (χ1n) is 7.51. The molecule has 1 aliphatic rings. The van der Waals surface area contributed by atoms with Gasteiger partial charge in [0.2, 0.25) is 0 Å². The molecule has 1 aliphatic heterocycles. The van der Waals surface area contributed by atoms with Crippen LogP contribution in [0.4, 0.5) is 0 Å². The van der Waals surface area contributed by atoms with Gasteiger partial charge in [-0.05, 0) is 52.0 Å². The lowest BCUT2D eigenvalue weighted by atomic mass is 10.0. The van der Waals surface area contributed by atoms with E-state index in [1.165, 1.54) is 31.4 Å². The molecule has 0 spiro atoms. The first-order chi connectivity index (χ1) is 9.65. The molecule has 1 aromatic carbocycles. The Balaban J connectivity index is 1.75. The van der Waals surface area contributed by atoms with E-state index in [1.54, 1.807) is 0 Å². The van der Waals surface area contributed by atoms with Crippen LogP contribution in [-0.2, 0) is 7.05 Å². The molecule has 1 unspecified atom stereocenters. The minimum atomic E-state index is 0.292. The second-order valence-corrected chi connectivity index (χ2v) is 5.98. The zero-order valence-electron chi connectivity index (χ0n) is 12.6. The van der Waals surface area contributed by atoms with E-state index >= 15 is 0 Å². The minimum absolute atomic E-state index is 0.292. The van der Waals surface area contributed by atoms with Gasteiger partial charge in [-0.1, -0.05) is 12.1 Å². The first kappa shape index (κ1) is 13.6. The molecule has 1 atom stereocenters. The number of hydrogen-bond acceptors (Lipinski definition) is 3. The van der Waals surface area contributed by atoms with E-state index in [0.717, 1.165) is 11.3 Å². The third-order valence-corrected chi connectivity index (χ3v) is 4.41. The van der Waals surface area contributed by atoms with Gasteiger partial charge in [-0.2, -0.15) is 0 Å². The highest BCUT2D eigenvalue weighted by Gasteiger charge is 2.21. The number of nitrogens with zero attached hydrogens (tertiary/aromatic N) is 3. The van der Waals surface area contributed by atoms with Gasteiger partial charge in [0, 0.05) is 13.1 Å². The monoisotopic (exact) mass is 272 g/mol. The fourth-order valence-electron chi connectivity index (χ4n) is 3.15. The van der Waals surface area contributed by atoms with Crippen molar-refractivity contribution in [3.8, 4) is 0 Å². The smallest absolute Gasteiger partial charge is 0.126 e. The zero-order valence-corrected chi connectivity index (χ0v) is 12.6. The van der Waals surface area contributed by atoms with E-state index in [0.29, 0.717) is 12.1 Å². The molecule has 2 heterocycles. The molecule has 1 saturated heterocycles. The minimum Gasteiger partial charge on any atom is -0.330 e. The fraction of sp³-hybridized carbons (Fsp3) is 0.562. The number of rotatable bonds is 3. The van der Waals surface area contributed by atoms with Crippen molar-refractivity contribution in [3.05, 3.63) is 30.1 Å². The van der Waals surface area contributed by atoms with Crippen LogP contribution in [0.2, 0.25) is 0 Å². The average Bonchev–Trinajstić information content (AvgIpc) is 2.79. The Hall–Kier alpha value is -1.39. The van der Waals surface area contributed by atoms with Crippen molar-refractivity contribution < 1.29 is 0 Å².